The highest BCUT2D eigenvalue weighted by atomic mass is 32.2. The number of rotatable bonds is 9. The maximum atomic E-state index is 12.6. The Labute approximate surface area is 181 Å². The largest absolute Gasteiger partial charge is 0.480 e. The lowest BCUT2D eigenvalue weighted by atomic mass is 9.96. The van der Waals surface area contributed by atoms with Crippen LogP contribution in [-0.2, 0) is 14.4 Å². The molecule has 2 aliphatic heterocycles. The molecule has 0 spiro atoms. The fourth-order valence-electron chi connectivity index (χ4n) is 3.37. The van der Waals surface area contributed by atoms with Gasteiger partial charge in [0.1, 0.15) is 22.5 Å². The molecule has 0 radical (unpaired) electrons. The zero-order valence-corrected chi connectivity index (χ0v) is 18.7. The first-order chi connectivity index (χ1) is 13.8. The van der Waals surface area contributed by atoms with Crippen LogP contribution in [0.4, 0.5) is 0 Å². The summed E-state index contributed by atoms with van der Waals surface area (Å²) in [6.07, 6.45) is 0.775. The van der Waals surface area contributed by atoms with E-state index in [-0.39, 0.29) is 36.1 Å². The number of amides is 2. The smallest absolute Gasteiger partial charge is 0.320 e. The molecule has 160 valence electrons. The number of nitrogens with one attached hydrogen (secondary N) is 1. The highest BCUT2D eigenvalue weighted by Gasteiger charge is 2.54. The van der Waals surface area contributed by atoms with Crippen LogP contribution in [0.1, 0.15) is 31.2 Å². The number of nitrogens with zero attached hydrogens (tertiary/aromatic N) is 3. The number of thioether (sulfide) groups is 2. The maximum Gasteiger partial charge on any atom is 0.320 e. The van der Waals surface area contributed by atoms with Crippen LogP contribution < -0.4 is 11.1 Å². The van der Waals surface area contributed by atoms with E-state index in [2.05, 4.69) is 22.4 Å². The second kappa shape index (κ2) is 9.63. The summed E-state index contributed by atoms with van der Waals surface area (Å²) in [6, 6.07) is -1.35. The Bertz CT molecular complexity index is 776. The molecule has 0 saturated carbocycles. The van der Waals surface area contributed by atoms with Gasteiger partial charge in [0.25, 0.3) is 0 Å². The summed E-state index contributed by atoms with van der Waals surface area (Å²) in [5.41, 5.74) is 5.44. The topological polar surface area (TPSA) is 139 Å². The average Bonchev–Trinajstić information content (AvgIpc) is 3.09. The van der Waals surface area contributed by atoms with Crippen molar-refractivity contribution < 1.29 is 19.5 Å². The minimum Gasteiger partial charge on any atom is -0.480 e. The summed E-state index contributed by atoms with van der Waals surface area (Å²) in [5, 5.41) is 20.6. The maximum absolute atomic E-state index is 12.6. The van der Waals surface area contributed by atoms with E-state index in [1.54, 1.807) is 34.9 Å². The summed E-state index contributed by atoms with van der Waals surface area (Å²) in [4.78, 5) is 37.3. The number of hydrogen-bond donors (Lipinski definition) is 3. The number of aliphatic carboxylic acids is 1. The van der Waals surface area contributed by atoms with E-state index in [1.807, 2.05) is 11.8 Å². The van der Waals surface area contributed by atoms with Crippen LogP contribution in [0.15, 0.2) is 4.34 Å². The zero-order valence-electron chi connectivity index (χ0n) is 16.2. The van der Waals surface area contributed by atoms with Gasteiger partial charge in [-0.1, -0.05) is 23.1 Å². The molecule has 2 saturated heterocycles. The molecular weight excluding hydrogens is 434 g/mol. The molecule has 2 fully saturated rings. The molecule has 29 heavy (non-hydrogen) atoms. The van der Waals surface area contributed by atoms with Crippen molar-refractivity contribution >= 4 is 52.6 Å². The Kier molecular flexibility index (Phi) is 7.41. The Morgan fingerprint density at radius 3 is 2.86 bits per heavy atom. The van der Waals surface area contributed by atoms with Crippen LogP contribution in [0.5, 0.6) is 0 Å². The Morgan fingerprint density at radius 1 is 1.45 bits per heavy atom. The normalized spacial score (nSPS) is 27.1. The van der Waals surface area contributed by atoms with Crippen molar-refractivity contribution in [3.05, 3.63) is 5.01 Å². The van der Waals surface area contributed by atoms with Crippen molar-refractivity contribution in [2.45, 2.75) is 60.9 Å². The fourth-order valence-corrected chi connectivity index (χ4v) is 7.26. The second-order valence-corrected chi connectivity index (χ2v) is 10.8. The summed E-state index contributed by atoms with van der Waals surface area (Å²) in [5.74, 6) is 0.783. The van der Waals surface area contributed by atoms with Crippen LogP contribution in [0.2, 0.25) is 0 Å². The number of aromatic nitrogens is 2. The molecule has 1 aromatic rings. The summed E-state index contributed by atoms with van der Waals surface area (Å²) >= 11 is 4.95. The van der Waals surface area contributed by atoms with Crippen molar-refractivity contribution in [3.63, 3.8) is 0 Å². The molecule has 0 aromatic carbocycles. The third-order valence-electron chi connectivity index (χ3n) is 5.16. The molecule has 0 aliphatic carbocycles. The van der Waals surface area contributed by atoms with Crippen LogP contribution in [0, 0.1) is 12.8 Å². The zero-order chi connectivity index (χ0) is 21.1. The van der Waals surface area contributed by atoms with Gasteiger partial charge in [-0.2, -0.15) is 0 Å². The van der Waals surface area contributed by atoms with Gasteiger partial charge in [-0.15, -0.1) is 22.0 Å². The molecule has 2 amide bonds. The van der Waals surface area contributed by atoms with E-state index in [4.69, 9.17) is 10.8 Å². The first kappa shape index (κ1) is 22.3. The number of carboxylic acid groups (broad SMARTS) is 1. The SMILES string of the molecule is Cc1nnc(SCC2CS[C@@H]3[C@H](NC(=O)CCC[C@@H](N)C(=O)O)C(=O)N3C2C)s1. The Morgan fingerprint density at radius 2 is 2.21 bits per heavy atom. The van der Waals surface area contributed by atoms with Gasteiger partial charge in [0.15, 0.2) is 4.34 Å². The third kappa shape index (κ3) is 5.22. The number of β-lactam (4-membered cyclic amide) rings is 1. The monoisotopic (exact) mass is 459 g/mol. The number of carboxylic acids is 1. The standard InChI is InChI=1S/C17H25N5O4S3/c1-8-10(7-28-17-21-20-9(2)29-17)6-27-15-13(14(24)22(8)15)19-12(23)5-3-4-11(18)16(25)26/h8,10-11,13,15H,3-7,18H2,1-2H3,(H,19,23)(H,25,26)/t8?,10?,11-,13-,15-/m1/s1. The van der Waals surface area contributed by atoms with Gasteiger partial charge in [0.2, 0.25) is 11.8 Å². The van der Waals surface area contributed by atoms with Gasteiger partial charge >= 0.3 is 5.97 Å². The lowest BCUT2D eigenvalue weighted by molar-refractivity contribution is -0.153. The fraction of sp³-hybridized carbons (Fsp3) is 0.706. The minimum atomic E-state index is -1.07. The van der Waals surface area contributed by atoms with Gasteiger partial charge in [0, 0.05) is 24.0 Å². The molecule has 5 atom stereocenters. The van der Waals surface area contributed by atoms with E-state index in [0.29, 0.717) is 12.3 Å². The van der Waals surface area contributed by atoms with Crippen LogP contribution >= 0.6 is 34.9 Å². The molecule has 4 N–H and O–H groups in total. The number of fused-ring (bicyclic) bond motifs is 1. The second-order valence-electron chi connectivity index (χ2n) is 7.25. The first-order valence-electron chi connectivity index (χ1n) is 9.42. The molecule has 12 heteroatoms. The van der Waals surface area contributed by atoms with Crippen molar-refractivity contribution in [2.24, 2.45) is 11.7 Å². The van der Waals surface area contributed by atoms with Crippen LogP contribution in [0.3, 0.4) is 0 Å². The Hall–Kier alpha value is -1.37. The summed E-state index contributed by atoms with van der Waals surface area (Å²) in [6.45, 7) is 3.99. The molecular formula is C17H25N5O4S3. The highest BCUT2D eigenvalue weighted by molar-refractivity contribution is 8.01. The van der Waals surface area contributed by atoms with Gasteiger partial charge in [-0.25, -0.2) is 0 Å². The third-order valence-corrected chi connectivity index (χ3v) is 8.78. The van der Waals surface area contributed by atoms with Crippen LogP contribution in [-0.4, -0.2) is 73.0 Å². The molecule has 2 unspecified atom stereocenters. The van der Waals surface area contributed by atoms with E-state index < -0.39 is 18.1 Å². The van der Waals surface area contributed by atoms with Gasteiger partial charge < -0.3 is 21.1 Å². The van der Waals surface area contributed by atoms with E-state index in [9.17, 15) is 14.4 Å². The molecule has 0 bridgehead atoms. The average molecular weight is 460 g/mol. The number of carbonyl (C=O) groups excluding carboxylic acids is 2. The molecule has 3 rings (SSSR count). The predicted octanol–water partition coefficient (Wildman–Crippen LogP) is 0.925. The lowest BCUT2D eigenvalue weighted by Gasteiger charge is -2.55. The quantitative estimate of drug-likeness (QED) is 0.363. The number of aryl methyl sites for hydroxylation is 1. The summed E-state index contributed by atoms with van der Waals surface area (Å²) in [7, 11) is 0. The minimum absolute atomic E-state index is 0.0345. The molecule has 9 nitrogen and oxygen atoms in total. The van der Waals surface area contributed by atoms with E-state index in [0.717, 1.165) is 20.9 Å². The van der Waals surface area contributed by atoms with Crippen molar-refractivity contribution in [3.8, 4) is 0 Å². The van der Waals surface area contributed by atoms with Crippen molar-refractivity contribution in [1.29, 1.82) is 0 Å². The molecule has 1 aromatic heterocycles. The predicted molar refractivity (Wildman–Crippen MR) is 113 cm³/mol. The van der Waals surface area contributed by atoms with Crippen LogP contribution in [0.25, 0.3) is 0 Å². The number of hydrogen-bond acceptors (Lipinski definition) is 9. The van der Waals surface area contributed by atoms with Gasteiger partial charge in [-0.3, -0.25) is 14.4 Å². The van der Waals surface area contributed by atoms with E-state index >= 15 is 0 Å². The van der Waals surface area contributed by atoms with Crippen molar-refractivity contribution in [1.82, 2.24) is 20.4 Å². The number of carbonyl (C=O) groups is 3. The summed E-state index contributed by atoms with van der Waals surface area (Å²) < 4.78 is 0.949. The first-order valence-corrected chi connectivity index (χ1v) is 12.3. The Balaban J connectivity index is 1.44. The van der Waals surface area contributed by atoms with Gasteiger partial charge in [-0.05, 0) is 32.6 Å². The van der Waals surface area contributed by atoms with E-state index in [1.165, 1.54) is 0 Å². The van der Waals surface area contributed by atoms with Crippen molar-refractivity contribution in [2.75, 3.05) is 11.5 Å². The number of nitrogens with two attached hydrogens (primary N) is 1. The van der Waals surface area contributed by atoms with Gasteiger partial charge in [0.05, 0.1) is 0 Å². The molecule has 2 aliphatic rings. The lowest BCUT2D eigenvalue weighted by Crippen LogP contribution is -2.74. The molecule has 3 heterocycles. The highest BCUT2D eigenvalue weighted by Crippen LogP contribution is 2.42.